The first-order chi connectivity index (χ1) is 5.16. The first-order valence-corrected chi connectivity index (χ1v) is 6.46. The first-order valence-electron chi connectivity index (χ1n) is 3.29. The van der Waals surface area contributed by atoms with Crippen LogP contribution in [0.4, 0.5) is 0 Å². The van der Waals surface area contributed by atoms with E-state index in [1.807, 2.05) is 6.92 Å². The average molecular weight is 407 g/mol. The molecule has 0 saturated heterocycles. The first kappa shape index (κ1) is 23.5. The van der Waals surface area contributed by atoms with Gasteiger partial charge in [-0.05, 0) is 0 Å². The summed E-state index contributed by atoms with van der Waals surface area (Å²) in [6.45, 7) is 3.20. The monoisotopic (exact) mass is 408 g/mol. The Hall–Kier alpha value is -0.258. The van der Waals surface area contributed by atoms with E-state index in [0.29, 0.717) is 6.42 Å². The molecule has 0 amide bonds. The molecule has 0 unspecified atom stereocenters. The van der Waals surface area contributed by atoms with E-state index in [1.165, 1.54) is 6.92 Å². The SMILES string of the molecule is CCCC(=O)[O][Pb][O]C(C)=O.O.O.O. The predicted molar refractivity (Wildman–Crippen MR) is 49.4 cm³/mol. The van der Waals surface area contributed by atoms with Crippen molar-refractivity contribution in [3.8, 4) is 0 Å². The Labute approximate surface area is 95.2 Å². The zero-order valence-electron chi connectivity index (χ0n) is 8.05. The summed E-state index contributed by atoms with van der Waals surface area (Å²) in [6, 6.07) is 0. The van der Waals surface area contributed by atoms with Crippen LogP contribution in [-0.2, 0) is 15.0 Å². The number of carbonyl (C=O) groups is 2. The van der Waals surface area contributed by atoms with Gasteiger partial charge in [-0.1, -0.05) is 0 Å². The number of hydrogen-bond acceptors (Lipinski definition) is 4. The predicted octanol–water partition coefficient (Wildman–Crippen LogP) is -2.05. The minimum atomic E-state index is -1.86. The van der Waals surface area contributed by atoms with Gasteiger partial charge in [0.05, 0.1) is 0 Å². The van der Waals surface area contributed by atoms with Crippen molar-refractivity contribution in [3.63, 3.8) is 0 Å². The fourth-order valence-corrected chi connectivity index (χ4v) is 1.76. The Kier molecular flexibility index (Phi) is 25.6. The summed E-state index contributed by atoms with van der Waals surface area (Å²) >= 11 is -1.86. The van der Waals surface area contributed by atoms with Crippen LogP contribution in [0.15, 0.2) is 0 Å². The van der Waals surface area contributed by atoms with Crippen molar-refractivity contribution in [1.29, 1.82) is 0 Å². The summed E-state index contributed by atoms with van der Waals surface area (Å²) in [5.41, 5.74) is 0. The molecule has 8 heteroatoms. The van der Waals surface area contributed by atoms with Gasteiger partial charge in [0.25, 0.3) is 0 Å². The topological polar surface area (TPSA) is 147 Å². The molecule has 0 fully saturated rings. The Morgan fingerprint density at radius 1 is 1.14 bits per heavy atom. The zero-order chi connectivity index (χ0) is 8.69. The summed E-state index contributed by atoms with van der Waals surface area (Å²) < 4.78 is 9.28. The van der Waals surface area contributed by atoms with E-state index in [4.69, 9.17) is 2.69 Å². The van der Waals surface area contributed by atoms with Gasteiger partial charge in [0.2, 0.25) is 0 Å². The van der Waals surface area contributed by atoms with Crippen LogP contribution < -0.4 is 0 Å². The molecule has 0 heterocycles. The molecule has 0 aliphatic heterocycles. The molecule has 0 aromatic heterocycles. The van der Waals surface area contributed by atoms with Crippen LogP contribution >= 0.6 is 0 Å². The fourth-order valence-electron chi connectivity index (χ4n) is 0.381. The van der Waals surface area contributed by atoms with Crippen LogP contribution in [0.3, 0.4) is 0 Å². The molecule has 0 atom stereocenters. The number of rotatable bonds is 4. The summed E-state index contributed by atoms with van der Waals surface area (Å²) in [6.07, 6.45) is 1.18. The van der Waals surface area contributed by atoms with Crippen molar-refractivity contribution >= 4 is 37.1 Å². The molecule has 6 N–H and O–H groups in total. The largest absolute Gasteiger partial charge is 0.412 e. The third kappa shape index (κ3) is 17.7. The normalized spacial score (nSPS) is 7.00. The van der Waals surface area contributed by atoms with E-state index in [2.05, 4.69) is 2.69 Å². The van der Waals surface area contributed by atoms with E-state index in [-0.39, 0.29) is 28.4 Å². The van der Waals surface area contributed by atoms with Gasteiger partial charge in [0.15, 0.2) is 0 Å². The van der Waals surface area contributed by atoms with Crippen molar-refractivity contribution < 1.29 is 31.4 Å². The molecule has 86 valence electrons. The molecule has 0 aromatic carbocycles. The van der Waals surface area contributed by atoms with E-state index < -0.39 is 25.1 Å². The van der Waals surface area contributed by atoms with Gasteiger partial charge in [-0.15, -0.1) is 0 Å². The van der Waals surface area contributed by atoms with E-state index in [9.17, 15) is 9.59 Å². The maximum Gasteiger partial charge on any atom is -0.412 e. The molecule has 2 radical (unpaired) electrons. The van der Waals surface area contributed by atoms with Crippen molar-refractivity contribution in [3.05, 3.63) is 0 Å². The van der Waals surface area contributed by atoms with Gasteiger partial charge in [-0.2, -0.15) is 0 Å². The van der Waals surface area contributed by atoms with Crippen LogP contribution in [0.1, 0.15) is 26.7 Å². The third-order valence-corrected chi connectivity index (χ3v) is 3.45. The van der Waals surface area contributed by atoms with Crippen LogP contribution in [0.5, 0.6) is 0 Å². The Morgan fingerprint density at radius 2 is 1.64 bits per heavy atom. The summed E-state index contributed by atoms with van der Waals surface area (Å²) in [5, 5.41) is 0. The van der Waals surface area contributed by atoms with E-state index in [0.717, 1.165) is 6.42 Å². The average Bonchev–Trinajstić information content (AvgIpc) is 1.87. The fraction of sp³-hybridized carbons (Fsp3) is 0.667. The van der Waals surface area contributed by atoms with Crippen molar-refractivity contribution in [2.45, 2.75) is 26.7 Å². The summed E-state index contributed by atoms with van der Waals surface area (Å²) in [5.74, 6) is -0.616. The van der Waals surface area contributed by atoms with Crippen LogP contribution in [0, 0.1) is 0 Å². The Bertz CT molecular complexity index is 149. The second-order valence-electron chi connectivity index (χ2n) is 1.90. The second kappa shape index (κ2) is 15.2. The van der Waals surface area contributed by atoms with Crippen LogP contribution in [0.2, 0.25) is 0 Å². The smallest absolute Gasteiger partial charge is 0.412 e. The molecule has 0 aliphatic rings. The quantitative estimate of drug-likeness (QED) is 0.494. The minimum absolute atomic E-state index is 0. The molecule has 0 aromatic rings. The minimum Gasteiger partial charge on any atom is -0.412 e. The van der Waals surface area contributed by atoms with Crippen molar-refractivity contribution in [2.75, 3.05) is 0 Å². The van der Waals surface area contributed by atoms with Crippen molar-refractivity contribution in [1.82, 2.24) is 0 Å². The number of hydrogen-bond donors (Lipinski definition) is 0. The van der Waals surface area contributed by atoms with Gasteiger partial charge in [-0.3, -0.25) is 0 Å². The molecule has 0 saturated carbocycles. The second-order valence-corrected chi connectivity index (χ2v) is 4.14. The van der Waals surface area contributed by atoms with Gasteiger partial charge in [0, 0.05) is 0 Å². The van der Waals surface area contributed by atoms with E-state index in [1.54, 1.807) is 0 Å². The van der Waals surface area contributed by atoms with Gasteiger partial charge in [-0.25, -0.2) is 0 Å². The maximum absolute atomic E-state index is 10.7. The molecule has 7 nitrogen and oxygen atoms in total. The van der Waals surface area contributed by atoms with Gasteiger partial charge in [0.1, 0.15) is 0 Å². The van der Waals surface area contributed by atoms with Gasteiger partial charge >= 0.3 is 78.7 Å². The molecule has 0 rings (SSSR count). The van der Waals surface area contributed by atoms with Crippen molar-refractivity contribution in [2.24, 2.45) is 0 Å². The molecule has 0 bridgehead atoms. The molecular weight excluding hydrogens is 391 g/mol. The molecular formula is C6H16O7Pb. The molecule has 0 aliphatic carbocycles. The zero-order valence-corrected chi connectivity index (χ0v) is 11.9. The Morgan fingerprint density at radius 3 is 2.00 bits per heavy atom. The Balaban J connectivity index is -0.000000167. The molecule has 14 heavy (non-hydrogen) atoms. The third-order valence-electron chi connectivity index (χ3n) is 0.795. The summed E-state index contributed by atoms with van der Waals surface area (Å²) in [4.78, 5) is 20.9. The van der Waals surface area contributed by atoms with Crippen LogP contribution in [0.25, 0.3) is 0 Å². The van der Waals surface area contributed by atoms with Gasteiger partial charge < -0.3 is 16.4 Å². The van der Waals surface area contributed by atoms with Crippen LogP contribution in [-0.4, -0.2) is 53.5 Å². The van der Waals surface area contributed by atoms with E-state index >= 15 is 0 Å². The standard InChI is InChI=1S/C4H8O2.C2H4O2.3H2O.Pb/c1-2-3-4(5)6;1-2(3)4;;;;/h2-3H2,1H3,(H,5,6);1H3,(H,3,4);3*1H2;/q;;;;;+2/p-2. The number of carbonyl (C=O) groups excluding carboxylic acids is 2. The summed E-state index contributed by atoms with van der Waals surface area (Å²) in [7, 11) is 0. The molecule has 0 spiro atoms. The maximum atomic E-state index is 10.7.